The molecule has 2 rings (SSSR count). The lowest BCUT2D eigenvalue weighted by Gasteiger charge is -2.25. The normalized spacial score (nSPS) is 20.5. The summed E-state index contributed by atoms with van der Waals surface area (Å²) in [5.41, 5.74) is 6.91. The molecule has 1 aliphatic heterocycles. The standard InChI is InChI=1S/C11H15NO/c12-7-5-9-6-8-13-11-4-2-1-3-10(9)11/h1-4,9H,5-8,12H2/t9-/m0/s1. The third-order valence-corrected chi connectivity index (χ3v) is 2.60. The van der Waals surface area contributed by atoms with Crippen LogP contribution in [-0.2, 0) is 0 Å². The summed E-state index contributed by atoms with van der Waals surface area (Å²) in [5.74, 6) is 1.65. The molecule has 1 aromatic rings. The van der Waals surface area contributed by atoms with Gasteiger partial charge in [0.25, 0.3) is 0 Å². The van der Waals surface area contributed by atoms with Gasteiger partial charge in [-0.3, -0.25) is 0 Å². The van der Waals surface area contributed by atoms with Gasteiger partial charge < -0.3 is 10.5 Å². The topological polar surface area (TPSA) is 35.2 Å². The van der Waals surface area contributed by atoms with Gasteiger partial charge in [0.2, 0.25) is 0 Å². The highest BCUT2D eigenvalue weighted by Crippen LogP contribution is 2.34. The molecule has 0 bridgehead atoms. The maximum atomic E-state index is 5.58. The smallest absolute Gasteiger partial charge is 0.122 e. The Kier molecular flexibility index (Phi) is 2.50. The quantitative estimate of drug-likeness (QED) is 0.748. The van der Waals surface area contributed by atoms with Gasteiger partial charge >= 0.3 is 0 Å². The van der Waals surface area contributed by atoms with Crippen molar-refractivity contribution in [2.24, 2.45) is 5.73 Å². The Morgan fingerprint density at radius 3 is 3.08 bits per heavy atom. The van der Waals surface area contributed by atoms with Crippen molar-refractivity contribution in [1.82, 2.24) is 0 Å². The molecule has 0 saturated heterocycles. The molecule has 0 unspecified atom stereocenters. The van der Waals surface area contributed by atoms with Crippen molar-refractivity contribution < 1.29 is 4.74 Å². The van der Waals surface area contributed by atoms with Crippen molar-refractivity contribution >= 4 is 0 Å². The number of rotatable bonds is 2. The fourth-order valence-corrected chi connectivity index (χ4v) is 1.92. The van der Waals surface area contributed by atoms with Crippen LogP contribution in [0.15, 0.2) is 24.3 Å². The Bertz CT molecular complexity index is 285. The lowest BCUT2D eigenvalue weighted by atomic mass is 9.90. The highest BCUT2D eigenvalue weighted by molar-refractivity contribution is 5.37. The minimum absolute atomic E-state index is 0.606. The maximum absolute atomic E-state index is 5.58. The van der Waals surface area contributed by atoms with Gasteiger partial charge in [-0.25, -0.2) is 0 Å². The molecule has 1 heterocycles. The SMILES string of the molecule is NCC[C@H]1CCOc2ccccc21. The number of hydrogen-bond acceptors (Lipinski definition) is 2. The van der Waals surface area contributed by atoms with E-state index in [1.165, 1.54) is 5.56 Å². The largest absolute Gasteiger partial charge is 0.493 e. The summed E-state index contributed by atoms with van der Waals surface area (Å²) in [7, 11) is 0. The number of nitrogens with two attached hydrogens (primary N) is 1. The highest BCUT2D eigenvalue weighted by Gasteiger charge is 2.19. The average molecular weight is 177 g/mol. The second-order valence-corrected chi connectivity index (χ2v) is 3.45. The average Bonchev–Trinajstić information content (AvgIpc) is 2.19. The van der Waals surface area contributed by atoms with Gasteiger partial charge in [0.1, 0.15) is 5.75 Å². The zero-order valence-electron chi connectivity index (χ0n) is 7.70. The minimum Gasteiger partial charge on any atom is -0.493 e. The number of fused-ring (bicyclic) bond motifs is 1. The summed E-state index contributed by atoms with van der Waals surface area (Å²) in [6, 6.07) is 8.27. The summed E-state index contributed by atoms with van der Waals surface area (Å²) in [6.45, 7) is 1.60. The van der Waals surface area contributed by atoms with Crippen LogP contribution in [0.5, 0.6) is 5.75 Å². The van der Waals surface area contributed by atoms with Crippen LogP contribution < -0.4 is 10.5 Å². The van der Waals surface area contributed by atoms with Crippen LogP contribution in [0.3, 0.4) is 0 Å². The molecule has 2 heteroatoms. The van der Waals surface area contributed by atoms with Gasteiger partial charge in [-0.2, -0.15) is 0 Å². The van der Waals surface area contributed by atoms with Crippen LogP contribution >= 0.6 is 0 Å². The lowest BCUT2D eigenvalue weighted by Crippen LogP contribution is -2.16. The van der Waals surface area contributed by atoms with Crippen molar-refractivity contribution in [2.45, 2.75) is 18.8 Å². The van der Waals surface area contributed by atoms with E-state index in [0.29, 0.717) is 5.92 Å². The van der Waals surface area contributed by atoms with Crippen LogP contribution in [0, 0.1) is 0 Å². The predicted octanol–water partition coefficient (Wildman–Crippen LogP) is 1.90. The van der Waals surface area contributed by atoms with E-state index >= 15 is 0 Å². The molecule has 0 saturated carbocycles. The molecule has 0 aromatic heterocycles. The highest BCUT2D eigenvalue weighted by atomic mass is 16.5. The molecule has 1 aromatic carbocycles. The van der Waals surface area contributed by atoms with Gasteiger partial charge in [-0.1, -0.05) is 18.2 Å². The number of benzene rings is 1. The van der Waals surface area contributed by atoms with Crippen LogP contribution in [-0.4, -0.2) is 13.2 Å². The van der Waals surface area contributed by atoms with Gasteiger partial charge in [0, 0.05) is 0 Å². The molecular weight excluding hydrogens is 162 g/mol. The molecule has 2 nitrogen and oxygen atoms in total. The first-order valence-electron chi connectivity index (χ1n) is 4.83. The van der Waals surface area contributed by atoms with E-state index in [2.05, 4.69) is 12.1 Å². The summed E-state index contributed by atoms with van der Waals surface area (Å²) in [5, 5.41) is 0. The van der Waals surface area contributed by atoms with Crippen LogP contribution in [0.25, 0.3) is 0 Å². The molecule has 1 atom stereocenters. The van der Waals surface area contributed by atoms with E-state index in [1.54, 1.807) is 0 Å². The monoisotopic (exact) mass is 177 g/mol. The molecular formula is C11H15NO. The summed E-state index contributed by atoms with van der Waals surface area (Å²) in [4.78, 5) is 0. The van der Waals surface area contributed by atoms with Crippen molar-refractivity contribution in [2.75, 3.05) is 13.2 Å². The minimum atomic E-state index is 0.606. The van der Waals surface area contributed by atoms with E-state index in [9.17, 15) is 0 Å². The molecule has 0 aliphatic carbocycles. The summed E-state index contributed by atoms with van der Waals surface area (Å²) < 4.78 is 5.56. The first-order valence-corrected chi connectivity index (χ1v) is 4.83. The Hall–Kier alpha value is -1.02. The van der Waals surface area contributed by atoms with Crippen LogP contribution in [0.2, 0.25) is 0 Å². The zero-order valence-corrected chi connectivity index (χ0v) is 7.70. The number of ether oxygens (including phenoxy) is 1. The van der Waals surface area contributed by atoms with Crippen molar-refractivity contribution in [3.63, 3.8) is 0 Å². The fraction of sp³-hybridized carbons (Fsp3) is 0.455. The predicted molar refractivity (Wildman–Crippen MR) is 53.0 cm³/mol. The van der Waals surface area contributed by atoms with Crippen LogP contribution in [0.1, 0.15) is 24.3 Å². The molecule has 0 fully saturated rings. The molecule has 0 spiro atoms. The molecule has 1 aliphatic rings. The fourth-order valence-electron chi connectivity index (χ4n) is 1.92. The maximum Gasteiger partial charge on any atom is 0.122 e. The molecule has 13 heavy (non-hydrogen) atoms. The second-order valence-electron chi connectivity index (χ2n) is 3.45. The van der Waals surface area contributed by atoms with Crippen molar-refractivity contribution in [3.05, 3.63) is 29.8 Å². The Morgan fingerprint density at radius 2 is 2.23 bits per heavy atom. The number of hydrogen-bond donors (Lipinski definition) is 1. The van der Waals surface area contributed by atoms with E-state index < -0.39 is 0 Å². The molecule has 0 radical (unpaired) electrons. The Labute approximate surface area is 78.7 Å². The third-order valence-electron chi connectivity index (χ3n) is 2.60. The second kappa shape index (κ2) is 3.79. The van der Waals surface area contributed by atoms with Crippen molar-refractivity contribution in [3.8, 4) is 5.75 Å². The molecule has 0 amide bonds. The Balaban J connectivity index is 2.26. The summed E-state index contributed by atoms with van der Waals surface area (Å²) >= 11 is 0. The Morgan fingerprint density at radius 1 is 1.38 bits per heavy atom. The van der Waals surface area contributed by atoms with Gasteiger partial charge in [-0.05, 0) is 36.9 Å². The summed E-state index contributed by atoms with van der Waals surface area (Å²) in [6.07, 6.45) is 2.18. The molecule has 70 valence electrons. The van der Waals surface area contributed by atoms with E-state index in [0.717, 1.165) is 31.7 Å². The zero-order chi connectivity index (χ0) is 9.10. The van der Waals surface area contributed by atoms with E-state index in [-0.39, 0.29) is 0 Å². The van der Waals surface area contributed by atoms with Gasteiger partial charge in [0.15, 0.2) is 0 Å². The third kappa shape index (κ3) is 1.68. The van der Waals surface area contributed by atoms with Crippen LogP contribution in [0.4, 0.5) is 0 Å². The first kappa shape index (κ1) is 8.57. The van der Waals surface area contributed by atoms with Gasteiger partial charge in [0.05, 0.1) is 6.61 Å². The van der Waals surface area contributed by atoms with E-state index in [4.69, 9.17) is 10.5 Å². The van der Waals surface area contributed by atoms with E-state index in [1.807, 2.05) is 12.1 Å². The van der Waals surface area contributed by atoms with Crippen molar-refractivity contribution in [1.29, 1.82) is 0 Å². The number of para-hydroxylation sites is 1. The lowest BCUT2D eigenvalue weighted by molar-refractivity contribution is 0.264. The molecule has 2 N–H and O–H groups in total. The first-order chi connectivity index (χ1) is 6.42. The van der Waals surface area contributed by atoms with Gasteiger partial charge in [-0.15, -0.1) is 0 Å².